The first kappa shape index (κ1) is 14.0. The van der Waals surface area contributed by atoms with Crippen molar-refractivity contribution < 1.29 is 8.42 Å². The fourth-order valence-corrected chi connectivity index (χ4v) is 2.78. The van der Waals surface area contributed by atoms with Gasteiger partial charge in [-0.15, -0.1) is 0 Å². The highest BCUT2D eigenvalue weighted by Gasteiger charge is 2.20. The lowest BCUT2D eigenvalue weighted by molar-refractivity contribution is 0.459. The first-order valence-corrected chi connectivity index (χ1v) is 7.16. The Morgan fingerprint density at radius 3 is 2.53 bits per heavy atom. The lowest BCUT2D eigenvalue weighted by Crippen LogP contribution is -2.28. The summed E-state index contributed by atoms with van der Waals surface area (Å²) in [7, 11) is -1.76. The Kier molecular flexibility index (Phi) is 4.54. The average molecular weight is 256 g/mol. The lowest BCUT2D eigenvalue weighted by atomic mass is 10.2. The molecular weight excluding hydrogens is 236 g/mol. The van der Waals surface area contributed by atoms with E-state index in [1.54, 1.807) is 32.2 Å². The van der Waals surface area contributed by atoms with Crippen LogP contribution in [0, 0.1) is 6.92 Å². The maximum Gasteiger partial charge on any atom is 0.242 e. The van der Waals surface area contributed by atoms with Crippen LogP contribution in [-0.2, 0) is 10.0 Å². The first-order chi connectivity index (χ1) is 7.89. The number of nitrogens with two attached hydrogens (primary N) is 1. The van der Waals surface area contributed by atoms with E-state index in [0.29, 0.717) is 17.1 Å². The molecule has 96 valence electrons. The third-order valence-electron chi connectivity index (χ3n) is 2.78. The normalized spacial score (nSPS) is 12.0. The number of hydrogen-bond donors (Lipinski definition) is 1. The fraction of sp³-hybridized carbons (Fsp3) is 0.500. The van der Waals surface area contributed by atoms with Gasteiger partial charge >= 0.3 is 0 Å². The van der Waals surface area contributed by atoms with Crippen molar-refractivity contribution in [1.82, 2.24) is 4.31 Å². The molecule has 0 spiro atoms. The van der Waals surface area contributed by atoms with Gasteiger partial charge in [0.2, 0.25) is 10.0 Å². The van der Waals surface area contributed by atoms with Crippen molar-refractivity contribution in [2.24, 2.45) is 0 Å². The van der Waals surface area contributed by atoms with E-state index < -0.39 is 10.0 Å². The molecule has 0 radical (unpaired) electrons. The van der Waals surface area contributed by atoms with Gasteiger partial charge < -0.3 is 5.73 Å². The molecule has 0 aliphatic rings. The van der Waals surface area contributed by atoms with Gasteiger partial charge in [-0.1, -0.05) is 13.3 Å². The summed E-state index contributed by atoms with van der Waals surface area (Å²) in [6, 6.07) is 4.81. The Balaban J connectivity index is 3.00. The van der Waals surface area contributed by atoms with Gasteiger partial charge in [0.25, 0.3) is 0 Å². The highest BCUT2D eigenvalue weighted by atomic mass is 32.2. The molecule has 0 saturated heterocycles. The van der Waals surface area contributed by atoms with E-state index in [9.17, 15) is 8.42 Å². The molecule has 0 atom stereocenters. The maximum absolute atomic E-state index is 12.2. The third-order valence-corrected chi connectivity index (χ3v) is 4.63. The van der Waals surface area contributed by atoms with Gasteiger partial charge in [0, 0.05) is 19.3 Å². The maximum atomic E-state index is 12.2. The minimum Gasteiger partial charge on any atom is -0.399 e. The number of unbranched alkanes of at least 4 members (excludes halogenated alkanes) is 1. The van der Waals surface area contributed by atoms with Crippen molar-refractivity contribution in [3.63, 3.8) is 0 Å². The number of rotatable bonds is 5. The number of nitrogen functional groups attached to an aromatic ring is 1. The van der Waals surface area contributed by atoms with Gasteiger partial charge in [-0.25, -0.2) is 12.7 Å². The Morgan fingerprint density at radius 2 is 2.00 bits per heavy atom. The quantitative estimate of drug-likeness (QED) is 0.819. The zero-order valence-electron chi connectivity index (χ0n) is 10.6. The standard InChI is InChI=1S/C12H20N2O2S/c1-4-5-8-14(3)17(15,16)11-6-7-12(13)10(2)9-11/h6-7,9H,4-5,8,13H2,1-3H3. The largest absolute Gasteiger partial charge is 0.399 e. The second-order valence-electron chi connectivity index (χ2n) is 4.20. The van der Waals surface area contributed by atoms with Crippen molar-refractivity contribution >= 4 is 15.7 Å². The van der Waals surface area contributed by atoms with Crippen molar-refractivity contribution in [3.8, 4) is 0 Å². The highest BCUT2D eigenvalue weighted by molar-refractivity contribution is 7.89. The molecule has 0 heterocycles. The Bertz CT molecular complexity index is 483. The van der Waals surface area contributed by atoms with Crippen molar-refractivity contribution in [1.29, 1.82) is 0 Å². The molecular formula is C12H20N2O2S. The molecule has 17 heavy (non-hydrogen) atoms. The van der Waals surface area contributed by atoms with Crippen LogP contribution in [0.1, 0.15) is 25.3 Å². The van der Waals surface area contributed by atoms with Crippen LogP contribution in [0.2, 0.25) is 0 Å². The SMILES string of the molecule is CCCCN(C)S(=O)(=O)c1ccc(N)c(C)c1. The van der Waals surface area contributed by atoms with Crippen molar-refractivity contribution in [2.75, 3.05) is 19.3 Å². The van der Waals surface area contributed by atoms with Crippen LogP contribution in [0.5, 0.6) is 0 Å². The number of benzene rings is 1. The summed E-state index contributed by atoms with van der Waals surface area (Å²) >= 11 is 0. The smallest absolute Gasteiger partial charge is 0.242 e. The molecule has 4 nitrogen and oxygen atoms in total. The molecule has 0 fully saturated rings. The van der Waals surface area contributed by atoms with Crippen molar-refractivity contribution in [2.45, 2.75) is 31.6 Å². The summed E-state index contributed by atoms with van der Waals surface area (Å²) in [6.07, 6.45) is 1.84. The molecule has 2 N–H and O–H groups in total. The average Bonchev–Trinajstić information content (AvgIpc) is 2.29. The number of sulfonamides is 1. The minimum absolute atomic E-state index is 0.308. The van der Waals surface area contributed by atoms with Crippen LogP contribution in [0.15, 0.2) is 23.1 Å². The summed E-state index contributed by atoms with van der Waals surface area (Å²) in [5.74, 6) is 0. The highest BCUT2D eigenvalue weighted by Crippen LogP contribution is 2.19. The summed E-state index contributed by atoms with van der Waals surface area (Å²) < 4.78 is 25.8. The van der Waals surface area contributed by atoms with Crippen LogP contribution in [-0.4, -0.2) is 26.3 Å². The van der Waals surface area contributed by atoms with Crippen LogP contribution < -0.4 is 5.73 Å². The summed E-state index contributed by atoms with van der Waals surface area (Å²) in [4.78, 5) is 0.308. The number of hydrogen-bond acceptors (Lipinski definition) is 3. The van der Waals surface area contributed by atoms with Gasteiger partial charge in [-0.3, -0.25) is 0 Å². The molecule has 0 unspecified atom stereocenters. The first-order valence-electron chi connectivity index (χ1n) is 5.72. The molecule has 0 aliphatic carbocycles. The van der Waals surface area contributed by atoms with Gasteiger partial charge in [0.1, 0.15) is 0 Å². The Hall–Kier alpha value is -1.07. The number of nitrogens with zero attached hydrogens (tertiary/aromatic N) is 1. The minimum atomic E-state index is -3.37. The zero-order chi connectivity index (χ0) is 13.1. The third kappa shape index (κ3) is 3.20. The van der Waals surface area contributed by atoms with E-state index in [4.69, 9.17) is 5.73 Å². The van der Waals surface area contributed by atoms with Gasteiger partial charge in [0.05, 0.1) is 4.90 Å². The predicted octanol–water partition coefficient (Wildman–Crippen LogP) is 2.00. The molecule has 0 amide bonds. The molecule has 5 heteroatoms. The topological polar surface area (TPSA) is 63.4 Å². The van der Waals surface area contributed by atoms with Gasteiger partial charge in [-0.2, -0.15) is 0 Å². The van der Waals surface area contributed by atoms with Crippen LogP contribution >= 0.6 is 0 Å². The molecule has 1 rings (SSSR count). The van der Waals surface area contributed by atoms with E-state index >= 15 is 0 Å². The van der Waals surface area contributed by atoms with E-state index in [2.05, 4.69) is 0 Å². The molecule has 1 aromatic rings. The van der Waals surface area contributed by atoms with Crippen molar-refractivity contribution in [3.05, 3.63) is 23.8 Å². The lowest BCUT2D eigenvalue weighted by Gasteiger charge is -2.17. The second-order valence-corrected chi connectivity index (χ2v) is 6.24. The zero-order valence-corrected chi connectivity index (χ0v) is 11.4. The molecule has 0 aromatic heterocycles. The Labute approximate surface area is 103 Å². The van der Waals surface area contributed by atoms with Crippen LogP contribution in [0.3, 0.4) is 0 Å². The molecule has 0 saturated carbocycles. The van der Waals surface area contributed by atoms with E-state index in [1.165, 1.54) is 4.31 Å². The fourth-order valence-electron chi connectivity index (χ4n) is 1.49. The number of anilines is 1. The molecule has 0 bridgehead atoms. The summed E-state index contributed by atoms with van der Waals surface area (Å²) in [5, 5.41) is 0. The van der Waals surface area contributed by atoms with Gasteiger partial charge in [0.15, 0.2) is 0 Å². The second kappa shape index (κ2) is 5.51. The monoisotopic (exact) mass is 256 g/mol. The Morgan fingerprint density at radius 1 is 1.35 bits per heavy atom. The van der Waals surface area contributed by atoms with E-state index in [1.807, 2.05) is 6.92 Å². The summed E-state index contributed by atoms with van der Waals surface area (Å²) in [5.41, 5.74) is 7.08. The number of aryl methyl sites for hydroxylation is 1. The predicted molar refractivity (Wildman–Crippen MR) is 70.3 cm³/mol. The van der Waals surface area contributed by atoms with E-state index in [-0.39, 0.29) is 0 Å². The van der Waals surface area contributed by atoms with Crippen LogP contribution in [0.25, 0.3) is 0 Å². The van der Waals surface area contributed by atoms with E-state index in [0.717, 1.165) is 18.4 Å². The molecule has 0 aliphatic heterocycles. The van der Waals surface area contributed by atoms with Gasteiger partial charge in [-0.05, 0) is 37.1 Å². The van der Waals surface area contributed by atoms with Crippen LogP contribution in [0.4, 0.5) is 5.69 Å². The summed E-state index contributed by atoms with van der Waals surface area (Å²) in [6.45, 7) is 4.39. The molecule has 1 aromatic carbocycles.